The van der Waals surface area contributed by atoms with Gasteiger partial charge in [-0.15, -0.1) is 0 Å². The van der Waals surface area contributed by atoms with Crippen LogP contribution in [0.1, 0.15) is 64.6 Å². The number of hydrogen-bond donors (Lipinski definition) is 15. The molecule has 1 saturated heterocycles. The zero-order chi connectivity index (χ0) is 49.3. The Labute approximate surface area is 371 Å². The van der Waals surface area contributed by atoms with Gasteiger partial charge in [0.25, 0.3) is 0 Å². The fraction of sp³-hybridized carbons (Fsp3) is 0.167. The second-order valence-electron chi connectivity index (χ2n) is 14.3. The number of benzene rings is 5. The zero-order valence-electron chi connectivity index (χ0n) is 33.4. The highest BCUT2D eigenvalue weighted by molar-refractivity contribution is 5.98. The summed E-state index contributed by atoms with van der Waals surface area (Å²) in [5, 5.41) is 151. The summed E-state index contributed by atoms with van der Waals surface area (Å²) >= 11 is 0. The van der Waals surface area contributed by atoms with Crippen molar-refractivity contribution >= 4 is 29.7 Å². The summed E-state index contributed by atoms with van der Waals surface area (Å²) < 4.78 is 27.1. The summed E-state index contributed by atoms with van der Waals surface area (Å²) in [6.07, 6.45) is -12.5. The number of carbonyl (C=O) groups is 5. The lowest BCUT2D eigenvalue weighted by atomic mass is 9.93. The van der Waals surface area contributed by atoms with Crippen molar-refractivity contribution in [1.82, 2.24) is 0 Å². The van der Waals surface area contributed by atoms with E-state index < -0.39 is 187 Å². The molecular formula is C42H34O25. The topological polar surface area (TPSA) is 435 Å². The predicted octanol–water partition coefficient (Wildman–Crippen LogP) is 2.14. The largest absolute Gasteiger partial charge is 0.504 e. The molecule has 352 valence electrons. The molecule has 0 aliphatic carbocycles. The van der Waals surface area contributed by atoms with Gasteiger partial charge in [0.2, 0.25) is 12.0 Å². The van der Waals surface area contributed by atoms with E-state index in [2.05, 4.69) is 0 Å². The highest BCUT2D eigenvalue weighted by atomic mass is 16.7. The highest BCUT2D eigenvalue weighted by Crippen LogP contribution is 2.42. The smallest absolute Gasteiger partial charge is 0.343 e. The van der Waals surface area contributed by atoms with E-state index >= 15 is 0 Å². The van der Waals surface area contributed by atoms with Gasteiger partial charge < -0.3 is 100 Å². The number of Topliss-reactive ketones (excluding diaryl/α,β-unsaturated/α-hetero) is 1. The molecule has 0 aromatic heterocycles. The van der Waals surface area contributed by atoms with Crippen molar-refractivity contribution in [2.24, 2.45) is 0 Å². The zero-order valence-corrected chi connectivity index (χ0v) is 33.4. The Balaban J connectivity index is 1.38. The van der Waals surface area contributed by atoms with Crippen molar-refractivity contribution in [1.29, 1.82) is 0 Å². The number of carbonyl (C=O) groups excluding carboxylic acids is 5. The minimum Gasteiger partial charge on any atom is -0.504 e. The quantitative estimate of drug-likeness (QED) is 0.0280. The first-order valence-corrected chi connectivity index (χ1v) is 18.7. The number of hydrogen-bond acceptors (Lipinski definition) is 25. The number of ketones is 1. The van der Waals surface area contributed by atoms with E-state index in [1.807, 2.05) is 0 Å². The molecule has 5 atom stereocenters. The molecule has 3 unspecified atom stereocenters. The van der Waals surface area contributed by atoms with Gasteiger partial charge in [-0.05, 0) is 67.1 Å². The number of rotatable bonds is 12. The molecule has 1 fully saturated rings. The van der Waals surface area contributed by atoms with Crippen LogP contribution in [0.3, 0.4) is 0 Å². The summed E-state index contributed by atoms with van der Waals surface area (Å²) in [5.74, 6) is -22.3. The van der Waals surface area contributed by atoms with E-state index in [0.29, 0.717) is 48.5 Å². The maximum absolute atomic E-state index is 13.8. The normalized spacial score (nSPS) is 17.8. The Bertz CT molecular complexity index is 2740. The SMILES string of the molecule is O=C(CCC1OC(OC(=O)c2cc(O)c(O)c(O)c2)[C@@H](OC(=O)c2cc(O)c(O)c(OC(=O)c3cc(O)c(O)c(O)c3)c2)C(O)[C@@H]1OC(=O)c1cc(O)c(O)c(O)c1)c1cc(O)c(O)c(O)c1. The molecule has 5 aromatic carbocycles. The number of esters is 4. The van der Waals surface area contributed by atoms with Gasteiger partial charge in [0.15, 0.2) is 98.5 Å². The maximum atomic E-state index is 13.8. The minimum absolute atomic E-state index is 0.393. The van der Waals surface area contributed by atoms with Crippen molar-refractivity contribution in [3.8, 4) is 86.2 Å². The third-order valence-corrected chi connectivity index (χ3v) is 9.78. The van der Waals surface area contributed by atoms with Crippen LogP contribution in [0.5, 0.6) is 86.2 Å². The first-order valence-electron chi connectivity index (χ1n) is 18.7. The van der Waals surface area contributed by atoms with E-state index in [1.54, 1.807) is 0 Å². The molecule has 6 rings (SSSR count). The van der Waals surface area contributed by atoms with Crippen LogP contribution in [0, 0.1) is 0 Å². The van der Waals surface area contributed by atoms with Crippen LogP contribution in [-0.2, 0) is 18.9 Å². The van der Waals surface area contributed by atoms with Gasteiger partial charge in [-0.1, -0.05) is 0 Å². The molecule has 0 spiro atoms. The van der Waals surface area contributed by atoms with E-state index in [1.165, 1.54) is 0 Å². The number of phenolic OH excluding ortho intramolecular Hbond substituents is 14. The lowest BCUT2D eigenvalue weighted by molar-refractivity contribution is -0.279. The molecule has 0 amide bonds. The van der Waals surface area contributed by atoms with Crippen molar-refractivity contribution in [2.75, 3.05) is 0 Å². The van der Waals surface area contributed by atoms with Crippen molar-refractivity contribution < 1.29 is 124 Å². The number of aliphatic hydroxyl groups excluding tert-OH is 1. The Kier molecular flexibility index (Phi) is 13.0. The number of phenols is 14. The number of ether oxygens (including phenoxy) is 5. The van der Waals surface area contributed by atoms with E-state index in [-0.39, 0.29) is 0 Å². The van der Waals surface area contributed by atoms with E-state index in [4.69, 9.17) is 23.7 Å². The monoisotopic (exact) mass is 938 g/mol. The van der Waals surface area contributed by atoms with Gasteiger partial charge in [-0.25, -0.2) is 19.2 Å². The van der Waals surface area contributed by atoms with Crippen LogP contribution >= 0.6 is 0 Å². The molecular weight excluding hydrogens is 904 g/mol. The summed E-state index contributed by atoms with van der Waals surface area (Å²) in [6, 6.07) is 6.40. The van der Waals surface area contributed by atoms with E-state index in [0.717, 1.165) is 12.1 Å². The average Bonchev–Trinajstić information content (AvgIpc) is 3.27. The molecule has 0 bridgehead atoms. The Morgan fingerprint density at radius 3 is 1.16 bits per heavy atom. The molecule has 0 saturated carbocycles. The maximum Gasteiger partial charge on any atom is 0.343 e. The fourth-order valence-electron chi connectivity index (χ4n) is 6.35. The Morgan fingerprint density at radius 2 is 0.746 bits per heavy atom. The molecule has 67 heavy (non-hydrogen) atoms. The van der Waals surface area contributed by atoms with Gasteiger partial charge >= 0.3 is 23.9 Å². The van der Waals surface area contributed by atoms with Gasteiger partial charge in [-0.3, -0.25) is 4.79 Å². The molecule has 5 aromatic rings. The lowest BCUT2D eigenvalue weighted by Crippen LogP contribution is -2.61. The summed E-state index contributed by atoms with van der Waals surface area (Å²) in [7, 11) is 0. The standard InChI is InChI=1S/C42H34O25/c43-18(13-3-19(44)30(53)20(45)4-13)1-2-28-36(65-39(60)15-7-23(48)32(55)24(49)8-15)35(58)37(42(64-28)67-41(62)16-9-25(50)33(56)26(51)10-16)66-40(61)17-11-27(52)34(57)29(12-17)63-38(59)14-5-21(46)31(54)22(47)6-14/h3-12,28,35-37,42,44-58H,1-2H2/t28?,35?,36-,37+,42?/m1/s1. The third kappa shape index (κ3) is 9.81. The van der Waals surface area contributed by atoms with Gasteiger partial charge in [0, 0.05) is 12.0 Å². The molecule has 1 aliphatic heterocycles. The third-order valence-electron chi connectivity index (χ3n) is 9.78. The lowest BCUT2D eigenvalue weighted by Gasteiger charge is -2.43. The summed E-state index contributed by atoms with van der Waals surface area (Å²) in [6.45, 7) is 0. The van der Waals surface area contributed by atoms with Crippen LogP contribution < -0.4 is 4.74 Å². The van der Waals surface area contributed by atoms with Gasteiger partial charge in [-0.2, -0.15) is 0 Å². The van der Waals surface area contributed by atoms with Crippen LogP contribution in [0.4, 0.5) is 0 Å². The van der Waals surface area contributed by atoms with Crippen LogP contribution in [0.25, 0.3) is 0 Å². The fourth-order valence-corrected chi connectivity index (χ4v) is 6.35. The van der Waals surface area contributed by atoms with Crippen LogP contribution in [0.15, 0.2) is 60.7 Å². The first kappa shape index (κ1) is 47.3. The molecule has 25 heteroatoms. The van der Waals surface area contributed by atoms with Gasteiger partial charge in [0.1, 0.15) is 12.2 Å². The van der Waals surface area contributed by atoms with Crippen molar-refractivity contribution in [3.05, 3.63) is 88.5 Å². The first-order chi connectivity index (χ1) is 31.4. The molecule has 15 N–H and O–H groups in total. The molecule has 25 nitrogen and oxygen atoms in total. The Morgan fingerprint density at radius 1 is 0.418 bits per heavy atom. The summed E-state index contributed by atoms with van der Waals surface area (Å²) in [5.41, 5.74) is -3.23. The summed E-state index contributed by atoms with van der Waals surface area (Å²) in [4.78, 5) is 67.0. The van der Waals surface area contributed by atoms with Crippen LogP contribution in [-0.4, -0.2) is 137 Å². The second kappa shape index (κ2) is 18.5. The second-order valence-corrected chi connectivity index (χ2v) is 14.3. The minimum atomic E-state index is -2.44. The van der Waals surface area contributed by atoms with Crippen molar-refractivity contribution in [2.45, 2.75) is 43.5 Å². The Hall–Kier alpha value is -9.23. The van der Waals surface area contributed by atoms with Crippen LogP contribution in [0.2, 0.25) is 0 Å². The highest BCUT2D eigenvalue weighted by Gasteiger charge is 2.51. The molecule has 1 aliphatic rings. The van der Waals surface area contributed by atoms with Crippen molar-refractivity contribution in [3.63, 3.8) is 0 Å². The predicted molar refractivity (Wildman–Crippen MR) is 213 cm³/mol. The van der Waals surface area contributed by atoms with E-state index in [9.17, 15) is 101 Å². The molecule has 0 radical (unpaired) electrons. The number of aromatic hydroxyl groups is 14. The molecule has 1 heterocycles. The number of aliphatic hydroxyl groups is 1. The average molecular weight is 939 g/mol. The van der Waals surface area contributed by atoms with Gasteiger partial charge in [0.05, 0.1) is 22.3 Å².